The average molecular weight is 338 g/mol. The van der Waals surface area contributed by atoms with E-state index in [0.717, 1.165) is 12.8 Å². The fourth-order valence-electron chi connectivity index (χ4n) is 2.21. The van der Waals surface area contributed by atoms with E-state index in [2.05, 4.69) is 0 Å². The van der Waals surface area contributed by atoms with E-state index < -0.39 is 9.05 Å². The number of ether oxygens (including phenoxy) is 1. The summed E-state index contributed by atoms with van der Waals surface area (Å²) >= 11 is 5.89. The van der Waals surface area contributed by atoms with Crippen molar-refractivity contribution in [3.05, 3.63) is 22.7 Å². The van der Waals surface area contributed by atoms with Gasteiger partial charge in [-0.3, -0.25) is 4.79 Å². The zero-order chi connectivity index (χ0) is 14.9. The summed E-state index contributed by atoms with van der Waals surface area (Å²) in [4.78, 5) is 13.8. The van der Waals surface area contributed by atoms with E-state index >= 15 is 0 Å². The van der Waals surface area contributed by atoms with Crippen LogP contribution in [0.2, 0.25) is 5.02 Å². The quantitative estimate of drug-likeness (QED) is 0.795. The predicted molar refractivity (Wildman–Crippen MR) is 76.2 cm³/mol. The minimum atomic E-state index is -4.06. The van der Waals surface area contributed by atoms with Crippen LogP contribution in [-0.4, -0.2) is 39.4 Å². The molecule has 0 bridgehead atoms. The smallest absolute Gasteiger partial charge is 0.265 e. The van der Waals surface area contributed by atoms with Crippen LogP contribution in [-0.2, 0) is 9.05 Å². The molecule has 0 spiro atoms. The first-order valence-corrected chi connectivity index (χ1v) is 8.65. The molecule has 0 aliphatic carbocycles. The molecule has 2 rings (SSSR count). The number of amides is 1. The van der Waals surface area contributed by atoms with E-state index in [1.807, 2.05) is 0 Å². The number of halogens is 2. The summed E-state index contributed by atoms with van der Waals surface area (Å²) in [6.07, 6.45) is 1.85. The second kappa shape index (κ2) is 5.79. The van der Waals surface area contributed by atoms with Gasteiger partial charge in [0.05, 0.1) is 12.7 Å². The molecule has 1 aromatic carbocycles. The molecule has 1 amide bonds. The van der Waals surface area contributed by atoms with Crippen LogP contribution < -0.4 is 4.74 Å². The average Bonchev–Trinajstić information content (AvgIpc) is 2.89. The number of hydrogen-bond acceptors (Lipinski definition) is 4. The molecule has 0 atom stereocenters. The summed E-state index contributed by atoms with van der Waals surface area (Å²) in [5.74, 6) is -0.371. The van der Waals surface area contributed by atoms with E-state index in [0.29, 0.717) is 13.1 Å². The van der Waals surface area contributed by atoms with Gasteiger partial charge >= 0.3 is 0 Å². The van der Waals surface area contributed by atoms with E-state index in [-0.39, 0.29) is 27.1 Å². The normalized spacial score (nSPS) is 15.4. The molecule has 8 heteroatoms. The van der Waals surface area contributed by atoms with Crippen LogP contribution in [0.4, 0.5) is 0 Å². The lowest BCUT2D eigenvalue weighted by atomic mass is 10.1. The Morgan fingerprint density at radius 3 is 2.40 bits per heavy atom. The van der Waals surface area contributed by atoms with E-state index in [1.54, 1.807) is 4.90 Å². The van der Waals surface area contributed by atoms with Crippen molar-refractivity contribution in [3.63, 3.8) is 0 Å². The van der Waals surface area contributed by atoms with E-state index in [1.165, 1.54) is 19.2 Å². The lowest BCUT2D eigenvalue weighted by molar-refractivity contribution is 0.0789. The number of hydrogen-bond donors (Lipinski definition) is 0. The highest BCUT2D eigenvalue weighted by Crippen LogP contribution is 2.34. The Morgan fingerprint density at radius 2 is 1.90 bits per heavy atom. The van der Waals surface area contributed by atoms with Gasteiger partial charge in [0.15, 0.2) is 5.75 Å². The lowest BCUT2D eigenvalue weighted by Gasteiger charge is -2.18. The third-order valence-electron chi connectivity index (χ3n) is 3.11. The Hall–Kier alpha value is -0.980. The van der Waals surface area contributed by atoms with Gasteiger partial charge in [0.2, 0.25) is 0 Å². The molecule has 110 valence electrons. The number of carbonyl (C=O) groups is 1. The van der Waals surface area contributed by atoms with Gasteiger partial charge < -0.3 is 9.64 Å². The minimum Gasteiger partial charge on any atom is -0.494 e. The second-order valence-electron chi connectivity index (χ2n) is 4.42. The summed E-state index contributed by atoms with van der Waals surface area (Å²) in [6.45, 7) is 1.27. The number of nitrogens with zero attached hydrogens (tertiary/aromatic N) is 1. The van der Waals surface area contributed by atoms with Crippen molar-refractivity contribution in [2.75, 3.05) is 20.2 Å². The van der Waals surface area contributed by atoms with Crippen LogP contribution in [0, 0.1) is 0 Å². The number of benzene rings is 1. The zero-order valence-corrected chi connectivity index (χ0v) is 13.1. The van der Waals surface area contributed by atoms with Crippen molar-refractivity contribution < 1.29 is 17.9 Å². The summed E-state index contributed by atoms with van der Waals surface area (Å²) in [7, 11) is 2.59. The summed E-state index contributed by atoms with van der Waals surface area (Å²) in [5.41, 5.74) is 0.112. The SMILES string of the molecule is COc1c(C(=O)N2CCCC2)cc(Cl)cc1S(=O)(=O)Cl. The summed E-state index contributed by atoms with van der Waals surface area (Å²) in [5, 5.41) is 0.118. The van der Waals surface area contributed by atoms with Gasteiger partial charge in [0, 0.05) is 28.8 Å². The molecule has 1 aliphatic rings. The highest BCUT2D eigenvalue weighted by molar-refractivity contribution is 8.13. The maximum absolute atomic E-state index is 12.4. The van der Waals surface area contributed by atoms with Gasteiger partial charge in [-0.1, -0.05) is 11.6 Å². The Morgan fingerprint density at radius 1 is 1.30 bits per heavy atom. The molecule has 0 saturated carbocycles. The zero-order valence-electron chi connectivity index (χ0n) is 10.7. The standard InChI is InChI=1S/C12H13Cl2NO4S/c1-19-11-9(12(16)15-4-2-3-5-15)6-8(13)7-10(11)20(14,17)18/h6-7H,2-5H2,1H3. The van der Waals surface area contributed by atoms with Crippen LogP contribution in [0.3, 0.4) is 0 Å². The fraction of sp³-hybridized carbons (Fsp3) is 0.417. The van der Waals surface area contributed by atoms with Gasteiger partial charge in [-0.25, -0.2) is 8.42 Å². The Labute approximate surface area is 126 Å². The first-order chi connectivity index (χ1) is 9.34. The highest BCUT2D eigenvalue weighted by Gasteiger charge is 2.28. The van der Waals surface area contributed by atoms with E-state index in [4.69, 9.17) is 27.0 Å². The summed E-state index contributed by atoms with van der Waals surface area (Å²) < 4.78 is 28.2. The molecule has 1 heterocycles. The van der Waals surface area contributed by atoms with Gasteiger partial charge in [-0.2, -0.15) is 0 Å². The van der Waals surface area contributed by atoms with Crippen molar-refractivity contribution in [1.29, 1.82) is 0 Å². The third kappa shape index (κ3) is 3.02. The van der Waals surface area contributed by atoms with Crippen molar-refractivity contribution in [1.82, 2.24) is 4.90 Å². The van der Waals surface area contributed by atoms with Crippen LogP contribution >= 0.6 is 22.3 Å². The number of methoxy groups -OCH3 is 1. The number of carbonyl (C=O) groups excluding carboxylic acids is 1. The van der Waals surface area contributed by atoms with Gasteiger partial charge in [0.25, 0.3) is 15.0 Å². The van der Waals surface area contributed by atoms with Crippen molar-refractivity contribution in [2.24, 2.45) is 0 Å². The van der Waals surface area contributed by atoms with Crippen LogP contribution in [0.15, 0.2) is 17.0 Å². The van der Waals surface area contributed by atoms with Gasteiger partial charge in [-0.05, 0) is 25.0 Å². The maximum Gasteiger partial charge on any atom is 0.265 e. The summed E-state index contributed by atoms with van der Waals surface area (Å²) in [6, 6.07) is 2.57. The topological polar surface area (TPSA) is 63.7 Å². The van der Waals surface area contributed by atoms with Crippen molar-refractivity contribution in [3.8, 4) is 5.75 Å². The monoisotopic (exact) mass is 337 g/mol. The second-order valence-corrected chi connectivity index (χ2v) is 7.39. The number of rotatable bonds is 3. The maximum atomic E-state index is 12.4. The van der Waals surface area contributed by atoms with Crippen LogP contribution in [0.1, 0.15) is 23.2 Å². The molecule has 0 N–H and O–H groups in total. The van der Waals surface area contributed by atoms with Crippen LogP contribution in [0.25, 0.3) is 0 Å². The molecule has 0 radical (unpaired) electrons. The van der Waals surface area contributed by atoms with Crippen molar-refractivity contribution in [2.45, 2.75) is 17.7 Å². The first kappa shape index (κ1) is 15.4. The highest BCUT2D eigenvalue weighted by atomic mass is 35.7. The lowest BCUT2D eigenvalue weighted by Crippen LogP contribution is -2.28. The van der Waals surface area contributed by atoms with E-state index in [9.17, 15) is 13.2 Å². The van der Waals surface area contributed by atoms with Gasteiger partial charge in [0.1, 0.15) is 4.90 Å². The molecule has 1 saturated heterocycles. The van der Waals surface area contributed by atoms with Crippen molar-refractivity contribution >= 4 is 37.2 Å². The van der Waals surface area contributed by atoms with Crippen LogP contribution in [0.5, 0.6) is 5.75 Å². The third-order valence-corrected chi connectivity index (χ3v) is 4.66. The Bertz CT molecular complexity index is 639. The molecular weight excluding hydrogens is 325 g/mol. The number of likely N-dealkylation sites (tertiary alicyclic amines) is 1. The predicted octanol–water partition coefficient (Wildman–Crippen LogP) is 2.51. The molecule has 5 nitrogen and oxygen atoms in total. The Kier molecular flexibility index (Phi) is 4.46. The fourth-order valence-corrected chi connectivity index (χ4v) is 3.52. The molecule has 0 unspecified atom stereocenters. The molecule has 0 aromatic heterocycles. The molecular formula is C12H13Cl2NO4S. The molecule has 20 heavy (non-hydrogen) atoms. The first-order valence-electron chi connectivity index (χ1n) is 5.96. The molecule has 1 aromatic rings. The molecule has 1 fully saturated rings. The largest absolute Gasteiger partial charge is 0.494 e. The Balaban J connectivity index is 2.57. The minimum absolute atomic E-state index is 0.0682. The van der Waals surface area contributed by atoms with Gasteiger partial charge in [-0.15, -0.1) is 0 Å². The molecule has 1 aliphatic heterocycles.